The molecule has 0 atom stereocenters. The third kappa shape index (κ3) is 3.45. The van der Waals surface area contributed by atoms with Crippen molar-refractivity contribution in [3.05, 3.63) is 53.9 Å². The lowest BCUT2D eigenvalue weighted by molar-refractivity contribution is 0.0691. The Morgan fingerprint density at radius 1 is 1.21 bits per heavy atom. The summed E-state index contributed by atoms with van der Waals surface area (Å²) in [5.41, 5.74) is 1.59. The normalized spacial score (nSPS) is 10.1. The van der Waals surface area contributed by atoms with Gasteiger partial charge in [0.1, 0.15) is 5.75 Å². The first-order valence-corrected chi connectivity index (χ1v) is 5.87. The van der Waals surface area contributed by atoms with E-state index in [9.17, 15) is 4.79 Å². The average Bonchev–Trinajstić information content (AvgIpc) is 2.41. The number of rotatable bonds is 5. The van der Waals surface area contributed by atoms with E-state index in [-0.39, 0.29) is 11.4 Å². The molecule has 5 heteroatoms. The predicted molar refractivity (Wildman–Crippen MR) is 71.5 cm³/mol. The van der Waals surface area contributed by atoms with E-state index in [2.05, 4.69) is 10.3 Å². The third-order valence-electron chi connectivity index (χ3n) is 2.68. The van der Waals surface area contributed by atoms with E-state index in [1.807, 2.05) is 12.1 Å². The summed E-state index contributed by atoms with van der Waals surface area (Å²) < 4.78 is 0. The van der Waals surface area contributed by atoms with Gasteiger partial charge in [-0.05, 0) is 36.2 Å². The minimum absolute atomic E-state index is 0.0215. The molecule has 0 saturated heterocycles. The highest BCUT2D eigenvalue weighted by Gasteiger charge is 2.09. The topological polar surface area (TPSA) is 82.5 Å². The minimum Gasteiger partial charge on any atom is -0.508 e. The SMILES string of the molecule is O=C(O)c1ncccc1NCCc1ccc(O)cc1. The lowest BCUT2D eigenvalue weighted by Crippen LogP contribution is -2.10. The molecular weight excluding hydrogens is 244 g/mol. The zero-order chi connectivity index (χ0) is 13.7. The second kappa shape index (κ2) is 5.86. The maximum Gasteiger partial charge on any atom is 0.356 e. The maximum atomic E-state index is 11.0. The Balaban J connectivity index is 1.96. The fourth-order valence-electron chi connectivity index (χ4n) is 1.72. The van der Waals surface area contributed by atoms with Crippen molar-refractivity contribution in [1.29, 1.82) is 0 Å². The first kappa shape index (κ1) is 12.9. The molecule has 0 aliphatic heterocycles. The molecule has 0 amide bonds. The van der Waals surface area contributed by atoms with Gasteiger partial charge in [0.25, 0.3) is 0 Å². The zero-order valence-corrected chi connectivity index (χ0v) is 10.2. The quantitative estimate of drug-likeness (QED) is 0.765. The molecule has 19 heavy (non-hydrogen) atoms. The van der Waals surface area contributed by atoms with E-state index < -0.39 is 5.97 Å². The second-order valence-electron chi connectivity index (χ2n) is 4.05. The van der Waals surface area contributed by atoms with Crippen molar-refractivity contribution in [2.45, 2.75) is 6.42 Å². The summed E-state index contributed by atoms with van der Waals surface area (Å²) in [4.78, 5) is 14.8. The number of aromatic carboxylic acids is 1. The summed E-state index contributed by atoms with van der Waals surface area (Å²) in [6.45, 7) is 0.594. The standard InChI is InChI=1S/C14H14N2O3/c17-11-5-3-10(4-6-11)7-9-15-12-2-1-8-16-13(12)14(18)19/h1-6,8,15,17H,7,9H2,(H,18,19). The van der Waals surface area contributed by atoms with Crippen LogP contribution in [-0.4, -0.2) is 27.7 Å². The largest absolute Gasteiger partial charge is 0.508 e. The van der Waals surface area contributed by atoms with Gasteiger partial charge in [-0.3, -0.25) is 0 Å². The van der Waals surface area contributed by atoms with Gasteiger partial charge in [-0.25, -0.2) is 9.78 Å². The fraction of sp³-hybridized carbons (Fsp3) is 0.143. The number of pyridine rings is 1. The van der Waals surface area contributed by atoms with Crippen LogP contribution in [0, 0.1) is 0 Å². The molecule has 2 aromatic rings. The van der Waals surface area contributed by atoms with E-state index in [0.29, 0.717) is 12.2 Å². The number of carbonyl (C=O) groups is 1. The number of nitrogens with zero attached hydrogens (tertiary/aromatic N) is 1. The predicted octanol–water partition coefficient (Wildman–Crippen LogP) is 2.14. The molecule has 0 fully saturated rings. The van der Waals surface area contributed by atoms with Crippen molar-refractivity contribution in [2.75, 3.05) is 11.9 Å². The van der Waals surface area contributed by atoms with Gasteiger partial charge in [0, 0.05) is 12.7 Å². The van der Waals surface area contributed by atoms with Crippen LogP contribution >= 0.6 is 0 Å². The lowest BCUT2D eigenvalue weighted by atomic mass is 10.1. The van der Waals surface area contributed by atoms with Crippen molar-refractivity contribution in [3.63, 3.8) is 0 Å². The van der Waals surface area contributed by atoms with Crippen molar-refractivity contribution >= 4 is 11.7 Å². The number of aromatic nitrogens is 1. The van der Waals surface area contributed by atoms with Crippen LogP contribution in [0.2, 0.25) is 0 Å². The zero-order valence-electron chi connectivity index (χ0n) is 10.2. The smallest absolute Gasteiger partial charge is 0.356 e. The molecule has 2 rings (SSSR count). The van der Waals surface area contributed by atoms with Crippen LogP contribution in [0.4, 0.5) is 5.69 Å². The Morgan fingerprint density at radius 3 is 2.63 bits per heavy atom. The van der Waals surface area contributed by atoms with E-state index >= 15 is 0 Å². The van der Waals surface area contributed by atoms with Crippen molar-refractivity contribution in [3.8, 4) is 5.75 Å². The number of carboxylic acid groups (broad SMARTS) is 1. The van der Waals surface area contributed by atoms with E-state index in [1.165, 1.54) is 6.20 Å². The highest BCUT2D eigenvalue weighted by Crippen LogP contribution is 2.13. The first-order chi connectivity index (χ1) is 9.16. The van der Waals surface area contributed by atoms with Crippen LogP contribution in [0.15, 0.2) is 42.6 Å². The highest BCUT2D eigenvalue weighted by atomic mass is 16.4. The summed E-state index contributed by atoms with van der Waals surface area (Å²) in [7, 11) is 0. The van der Waals surface area contributed by atoms with E-state index in [1.54, 1.807) is 24.3 Å². The minimum atomic E-state index is -1.05. The monoisotopic (exact) mass is 258 g/mol. The maximum absolute atomic E-state index is 11.0. The summed E-state index contributed by atoms with van der Waals surface area (Å²) in [6.07, 6.45) is 2.18. The Morgan fingerprint density at radius 2 is 1.95 bits per heavy atom. The summed E-state index contributed by atoms with van der Waals surface area (Å²) in [5.74, 6) is -0.815. The number of phenolic OH excluding ortho intramolecular Hbond substituents is 1. The molecule has 98 valence electrons. The Bertz CT molecular complexity index is 567. The number of benzene rings is 1. The van der Waals surface area contributed by atoms with Gasteiger partial charge in [-0.1, -0.05) is 12.1 Å². The molecule has 1 aromatic carbocycles. The van der Waals surface area contributed by atoms with Crippen LogP contribution in [0.25, 0.3) is 0 Å². The van der Waals surface area contributed by atoms with E-state index in [4.69, 9.17) is 10.2 Å². The van der Waals surface area contributed by atoms with Gasteiger partial charge >= 0.3 is 5.97 Å². The van der Waals surface area contributed by atoms with Crippen molar-refractivity contribution < 1.29 is 15.0 Å². The van der Waals surface area contributed by atoms with Crippen LogP contribution < -0.4 is 5.32 Å². The van der Waals surface area contributed by atoms with Crippen LogP contribution in [-0.2, 0) is 6.42 Å². The average molecular weight is 258 g/mol. The number of aromatic hydroxyl groups is 1. The number of nitrogens with one attached hydrogen (secondary N) is 1. The molecule has 5 nitrogen and oxygen atoms in total. The Hall–Kier alpha value is -2.56. The molecule has 0 unspecified atom stereocenters. The Labute approximate surface area is 110 Å². The fourth-order valence-corrected chi connectivity index (χ4v) is 1.72. The van der Waals surface area contributed by atoms with Crippen LogP contribution in [0.1, 0.15) is 16.1 Å². The van der Waals surface area contributed by atoms with Crippen LogP contribution in [0.3, 0.4) is 0 Å². The first-order valence-electron chi connectivity index (χ1n) is 5.87. The van der Waals surface area contributed by atoms with Crippen LogP contribution in [0.5, 0.6) is 5.75 Å². The van der Waals surface area contributed by atoms with Gasteiger partial charge in [-0.15, -0.1) is 0 Å². The number of hydrogen-bond acceptors (Lipinski definition) is 4. The van der Waals surface area contributed by atoms with Crippen molar-refractivity contribution in [1.82, 2.24) is 4.98 Å². The number of anilines is 1. The number of hydrogen-bond donors (Lipinski definition) is 3. The molecule has 0 bridgehead atoms. The lowest BCUT2D eigenvalue weighted by Gasteiger charge is -2.08. The van der Waals surface area contributed by atoms with Gasteiger partial charge in [0.05, 0.1) is 5.69 Å². The number of carboxylic acids is 1. The summed E-state index contributed by atoms with van der Waals surface area (Å²) >= 11 is 0. The second-order valence-corrected chi connectivity index (χ2v) is 4.05. The van der Waals surface area contributed by atoms with Gasteiger partial charge in [0.15, 0.2) is 5.69 Å². The molecule has 3 N–H and O–H groups in total. The molecule has 1 aromatic heterocycles. The number of phenols is 1. The van der Waals surface area contributed by atoms with Gasteiger partial charge in [-0.2, -0.15) is 0 Å². The molecular formula is C14H14N2O3. The van der Waals surface area contributed by atoms with Gasteiger partial charge in [0.2, 0.25) is 0 Å². The summed E-state index contributed by atoms with van der Waals surface area (Å²) in [5, 5.41) is 21.2. The molecule has 0 radical (unpaired) electrons. The van der Waals surface area contributed by atoms with E-state index in [0.717, 1.165) is 12.0 Å². The molecule has 1 heterocycles. The summed E-state index contributed by atoms with van der Waals surface area (Å²) in [6, 6.07) is 10.3. The molecule has 0 spiro atoms. The van der Waals surface area contributed by atoms with Gasteiger partial charge < -0.3 is 15.5 Å². The van der Waals surface area contributed by atoms with Crippen molar-refractivity contribution in [2.24, 2.45) is 0 Å². The molecule has 0 saturated carbocycles. The Kier molecular flexibility index (Phi) is 3.97. The molecule has 0 aliphatic carbocycles. The highest BCUT2D eigenvalue weighted by molar-refractivity contribution is 5.91. The molecule has 0 aliphatic rings. The third-order valence-corrected chi connectivity index (χ3v) is 2.68.